The summed E-state index contributed by atoms with van der Waals surface area (Å²) in [5.41, 5.74) is 5.58. The molecule has 0 aliphatic rings. The van der Waals surface area contributed by atoms with Crippen LogP contribution in [0, 0.1) is 0 Å². The predicted octanol–water partition coefficient (Wildman–Crippen LogP) is 21.9. The number of benzene rings is 2. The van der Waals surface area contributed by atoms with Crippen LogP contribution in [0.15, 0.2) is 70.7 Å². The monoisotopic (exact) mass is 863 g/mol. The molecule has 0 bridgehead atoms. The topological polar surface area (TPSA) is 24.7 Å². The van der Waals surface area contributed by atoms with Crippen LogP contribution in [-0.2, 0) is 0 Å². The molecular weight excluding hydrogens is 761 g/mol. The van der Waals surface area contributed by atoms with Crippen molar-refractivity contribution >= 4 is 35.5 Å². The molecule has 0 saturated carbocycles. The first-order chi connectivity index (χ1) is 31.2. The van der Waals surface area contributed by atoms with E-state index in [9.17, 15) is 0 Å². The van der Waals surface area contributed by atoms with Gasteiger partial charge in [0.15, 0.2) is 0 Å². The minimum absolute atomic E-state index is 0.957. The van der Waals surface area contributed by atoms with Crippen molar-refractivity contribution < 1.29 is 0 Å². The van der Waals surface area contributed by atoms with Gasteiger partial charge in [0.25, 0.3) is 0 Å². The van der Waals surface area contributed by atoms with Crippen molar-refractivity contribution in [3.63, 3.8) is 0 Å². The number of aliphatic imine (C=N–C) groups is 2. The van der Waals surface area contributed by atoms with Gasteiger partial charge in [-0.1, -0.05) is 288 Å². The van der Waals surface area contributed by atoms with E-state index in [1.54, 1.807) is 0 Å². The summed E-state index contributed by atoms with van der Waals surface area (Å²) in [7, 11) is 0. The smallest absolute Gasteiger partial charge is 0.0634 e. The van der Waals surface area contributed by atoms with Crippen LogP contribution in [0.2, 0.25) is 0 Å². The second-order valence-electron chi connectivity index (χ2n) is 19.2. The molecule has 2 rings (SSSR count). The van der Waals surface area contributed by atoms with Gasteiger partial charge in [0.1, 0.15) is 0 Å². The Morgan fingerprint density at radius 3 is 0.952 bits per heavy atom. The number of rotatable bonds is 45. The van der Waals surface area contributed by atoms with Crippen LogP contribution >= 0.6 is 0 Å². The highest BCUT2D eigenvalue weighted by molar-refractivity contribution is 6.31. The van der Waals surface area contributed by atoms with Gasteiger partial charge < -0.3 is 0 Å². The molecule has 2 aromatic carbocycles. The van der Waals surface area contributed by atoms with Crippen molar-refractivity contribution in [2.45, 2.75) is 278 Å². The van der Waals surface area contributed by atoms with Crippen molar-refractivity contribution in [2.75, 3.05) is 0 Å². The zero-order valence-electron chi connectivity index (χ0n) is 42.2. The van der Waals surface area contributed by atoms with Crippen LogP contribution in [0.4, 0.5) is 11.4 Å². The van der Waals surface area contributed by atoms with E-state index in [1.165, 1.54) is 255 Å². The maximum absolute atomic E-state index is 5.04. The molecular formula is C61H102N2. The third-order valence-electron chi connectivity index (χ3n) is 13.0. The fourth-order valence-corrected chi connectivity index (χ4v) is 8.76. The predicted molar refractivity (Wildman–Crippen MR) is 288 cm³/mol. The summed E-state index contributed by atoms with van der Waals surface area (Å²) >= 11 is 0. The van der Waals surface area contributed by atoms with Crippen molar-refractivity contribution in [3.05, 3.63) is 71.8 Å². The quantitative estimate of drug-likeness (QED) is 0.0468. The van der Waals surface area contributed by atoms with Gasteiger partial charge in [-0.3, -0.25) is 9.98 Å². The zero-order chi connectivity index (χ0) is 44.8. The Labute approximate surface area is 393 Å². The van der Waals surface area contributed by atoms with Gasteiger partial charge in [-0.15, -0.1) is 0 Å². The summed E-state index contributed by atoms with van der Waals surface area (Å²) in [5.74, 6) is 0. The van der Waals surface area contributed by atoms with Gasteiger partial charge in [0.05, 0.1) is 17.1 Å². The summed E-state index contributed by atoms with van der Waals surface area (Å²) in [6, 6.07) is 17.4. The molecule has 356 valence electrons. The molecule has 0 spiro atoms. The highest BCUT2D eigenvalue weighted by Gasteiger charge is 2.01. The van der Waals surface area contributed by atoms with Crippen LogP contribution in [-0.4, -0.2) is 11.9 Å². The third-order valence-corrected chi connectivity index (χ3v) is 13.0. The second kappa shape index (κ2) is 44.5. The SMILES string of the molecule is CCCCCCCCCCCCCCCCCCCC=Cc1ccc(N=CC(CCCCC)=Nc2ccc(C=CCCCCCCCCCCCCCCCCCCC)cc2)cc1. The fourth-order valence-electron chi connectivity index (χ4n) is 8.76. The van der Waals surface area contributed by atoms with Gasteiger partial charge >= 0.3 is 0 Å². The van der Waals surface area contributed by atoms with Crippen molar-refractivity contribution in [3.8, 4) is 0 Å². The molecule has 0 N–H and O–H groups in total. The molecule has 0 aliphatic heterocycles. The van der Waals surface area contributed by atoms with E-state index in [0.717, 1.165) is 29.9 Å². The van der Waals surface area contributed by atoms with Crippen molar-refractivity contribution in [1.82, 2.24) is 0 Å². The first-order valence-electron chi connectivity index (χ1n) is 27.9. The van der Waals surface area contributed by atoms with Gasteiger partial charge in [0, 0.05) is 6.21 Å². The molecule has 2 aromatic rings. The lowest BCUT2D eigenvalue weighted by Gasteiger charge is -2.04. The number of hydrogen-bond acceptors (Lipinski definition) is 2. The minimum Gasteiger partial charge on any atom is -0.255 e. The average Bonchev–Trinajstić information content (AvgIpc) is 3.30. The Kier molecular flexibility index (Phi) is 39.8. The lowest BCUT2D eigenvalue weighted by atomic mass is 10.0. The molecule has 2 nitrogen and oxygen atoms in total. The van der Waals surface area contributed by atoms with E-state index >= 15 is 0 Å². The minimum atomic E-state index is 0.957. The summed E-state index contributed by atoms with van der Waals surface area (Å²) < 4.78 is 0. The van der Waals surface area contributed by atoms with E-state index in [2.05, 4.69) is 93.6 Å². The van der Waals surface area contributed by atoms with Crippen LogP contribution < -0.4 is 0 Å². The lowest BCUT2D eigenvalue weighted by Crippen LogP contribution is -1.99. The first-order valence-corrected chi connectivity index (χ1v) is 27.9. The molecule has 0 aromatic heterocycles. The normalized spacial score (nSPS) is 12.3. The van der Waals surface area contributed by atoms with Crippen molar-refractivity contribution in [2.24, 2.45) is 9.98 Å². The van der Waals surface area contributed by atoms with Gasteiger partial charge in [-0.2, -0.15) is 0 Å². The van der Waals surface area contributed by atoms with Crippen LogP contribution in [0.1, 0.15) is 289 Å². The highest BCUT2D eigenvalue weighted by atomic mass is 14.8. The number of nitrogens with zero attached hydrogens (tertiary/aromatic N) is 2. The van der Waals surface area contributed by atoms with Gasteiger partial charge in [-0.25, -0.2) is 0 Å². The van der Waals surface area contributed by atoms with E-state index in [-0.39, 0.29) is 0 Å². The maximum Gasteiger partial charge on any atom is 0.0634 e. The molecule has 0 atom stereocenters. The Bertz CT molecular complexity index is 1360. The molecule has 63 heavy (non-hydrogen) atoms. The largest absolute Gasteiger partial charge is 0.255 e. The number of allylic oxidation sites excluding steroid dienone is 2. The van der Waals surface area contributed by atoms with E-state index in [4.69, 9.17) is 9.98 Å². The Balaban J connectivity index is 1.56. The Hall–Kier alpha value is -2.74. The fraction of sp³-hybridized carbons (Fsp3) is 0.705. The first kappa shape index (κ1) is 56.4. The van der Waals surface area contributed by atoms with E-state index in [0.29, 0.717) is 0 Å². The standard InChI is InChI=1S/C61H102N2/c1-4-7-10-12-14-16-18-20-22-24-26-28-30-32-34-36-38-40-43-45-57-48-52-59(53-49-57)62-56-61(47-42-9-6-3)63-60-54-50-58(51-55-60)46-44-41-39-37-35-33-31-29-27-25-23-21-19-17-15-13-11-8-5-2/h43-46,48-56H,4-42,47H2,1-3H3. The zero-order valence-corrected chi connectivity index (χ0v) is 42.2. The second-order valence-corrected chi connectivity index (χ2v) is 19.2. The molecule has 0 aliphatic carbocycles. The molecule has 0 unspecified atom stereocenters. The number of hydrogen-bond donors (Lipinski definition) is 0. The molecule has 2 heteroatoms. The summed E-state index contributed by atoms with van der Waals surface area (Å²) in [6.45, 7) is 6.87. The van der Waals surface area contributed by atoms with Crippen LogP contribution in [0.5, 0.6) is 0 Å². The molecule has 0 fully saturated rings. The Morgan fingerprint density at radius 1 is 0.333 bits per heavy atom. The molecule has 0 heterocycles. The highest BCUT2D eigenvalue weighted by Crippen LogP contribution is 2.20. The number of unbranched alkanes of at least 4 members (excludes halogenated alkanes) is 36. The Morgan fingerprint density at radius 2 is 0.619 bits per heavy atom. The maximum atomic E-state index is 5.04. The average molecular weight is 864 g/mol. The molecule has 0 radical (unpaired) electrons. The summed E-state index contributed by atoms with van der Waals surface area (Å²) in [5, 5.41) is 0. The van der Waals surface area contributed by atoms with Gasteiger partial charge in [-0.05, 0) is 73.9 Å². The van der Waals surface area contributed by atoms with Gasteiger partial charge in [0.2, 0.25) is 0 Å². The summed E-state index contributed by atoms with van der Waals surface area (Å²) in [4.78, 5) is 9.88. The third kappa shape index (κ3) is 36.2. The molecule has 0 amide bonds. The van der Waals surface area contributed by atoms with E-state index < -0.39 is 0 Å². The van der Waals surface area contributed by atoms with Crippen molar-refractivity contribution in [1.29, 1.82) is 0 Å². The lowest BCUT2D eigenvalue weighted by molar-refractivity contribution is 0.527. The molecule has 0 saturated heterocycles. The van der Waals surface area contributed by atoms with E-state index in [1.807, 2.05) is 6.21 Å². The van der Waals surface area contributed by atoms with Crippen LogP contribution in [0.25, 0.3) is 12.2 Å². The van der Waals surface area contributed by atoms with Crippen LogP contribution in [0.3, 0.4) is 0 Å². The summed E-state index contributed by atoms with van der Waals surface area (Å²) in [6.07, 6.45) is 66.6.